The van der Waals surface area contributed by atoms with Crippen LogP contribution in [0.2, 0.25) is 0 Å². The number of amides is 2. The Hall–Kier alpha value is -3.20. The standard InChI is InChI=1S/C21H21N5O3S/c1-12-9-13(2)23-21(22-12)30-11-14-3-5-16(6-4-14)19(27)24-25-20(28)17-10-18(29-26-17)15-7-8-15/h3-6,9-10,15H,7-8,11H2,1-2H3,(H,24,27)(H,25,28). The Morgan fingerprint density at radius 3 is 2.37 bits per heavy atom. The van der Waals surface area contributed by atoms with E-state index in [0.717, 1.165) is 34.9 Å². The van der Waals surface area contributed by atoms with Crippen LogP contribution in [0.15, 0.2) is 46.1 Å². The molecule has 2 heterocycles. The summed E-state index contributed by atoms with van der Waals surface area (Å²) in [4.78, 5) is 33.2. The number of aryl methyl sites for hydroxylation is 2. The predicted molar refractivity (Wildman–Crippen MR) is 111 cm³/mol. The van der Waals surface area contributed by atoms with Gasteiger partial charge in [0.2, 0.25) is 0 Å². The summed E-state index contributed by atoms with van der Waals surface area (Å²) in [5, 5.41) is 4.48. The van der Waals surface area contributed by atoms with Crippen molar-refractivity contribution in [2.24, 2.45) is 0 Å². The van der Waals surface area contributed by atoms with Gasteiger partial charge >= 0.3 is 0 Å². The maximum atomic E-state index is 12.3. The molecule has 2 aromatic heterocycles. The third kappa shape index (κ3) is 5.04. The lowest BCUT2D eigenvalue weighted by Crippen LogP contribution is -2.41. The first-order valence-electron chi connectivity index (χ1n) is 9.59. The second-order valence-electron chi connectivity index (χ2n) is 7.22. The third-order valence-corrected chi connectivity index (χ3v) is 5.49. The summed E-state index contributed by atoms with van der Waals surface area (Å²) < 4.78 is 5.15. The number of benzene rings is 1. The van der Waals surface area contributed by atoms with Crippen molar-refractivity contribution in [2.45, 2.75) is 43.5 Å². The maximum absolute atomic E-state index is 12.3. The molecule has 154 valence electrons. The highest BCUT2D eigenvalue weighted by atomic mass is 32.2. The molecular weight excluding hydrogens is 402 g/mol. The number of thioether (sulfide) groups is 1. The second kappa shape index (κ2) is 8.66. The molecule has 1 aromatic carbocycles. The van der Waals surface area contributed by atoms with Crippen molar-refractivity contribution in [1.82, 2.24) is 26.0 Å². The molecule has 0 saturated heterocycles. The van der Waals surface area contributed by atoms with Gasteiger partial charge in [-0.2, -0.15) is 0 Å². The quantitative estimate of drug-likeness (QED) is 0.355. The van der Waals surface area contributed by atoms with Crippen molar-refractivity contribution in [2.75, 3.05) is 0 Å². The minimum atomic E-state index is -0.513. The normalized spacial score (nSPS) is 13.1. The highest BCUT2D eigenvalue weighted by molar-refractivity contribution is 7.98. The van der Waals surface area contributed by atoms with Gasteiger partial charge < -0.3 is 4.52 Å². The van der Waals surface area contributed by atoms with E-state index in [1.165, 1.54) is 0 Å². The van der Waals surface area contributed by atoms with E-state index < -0.39 is 11.8 Å². The smallest absolute Gasteiger partial charge is 0.291 e. The lowest BCUT2D eigenvalue weighted by Gasteiger charge is -2.07. The Bertz CT molecular complexity index is 1060. The molecule has 0 spiro atoms. The van der Waals surface area contributed by atoms with Gasteiger partial charge in [-0.3, -0.25) is 20.4 Å². The lowest BCUT2D eigenvalue weighted by atomic mass is 10.1. The molecule has 0 aliphatic heterocycles. The van der Waals surface area contributed by atoms with Gasteiger partial charge in [-0.15, -0.1) is 0 Å². The second-order valence-corrected chi connectivity index (χ2v) is 8.16. The van der Waals surface area contributed by atoms with Gasteiger partial charge in [0.05, 0.1) is 0 Å². The Labute approximate surface area is 177 Å². The summed E-state index contributed by atoms with van der Waals surface area (Å²) in [6.45, 7) is 3.89. The average molecular weight is 423 g/mol. The number of hydrogen-bond acceptors (Lipinski definition) is 7. The van der Waals surface area contributed by atoms with Gasteiger partial charge in [-0.25, -0.2) is 9.97 Å². The van der Waals surface area contributed by atoms with E-state index >= 15 is 0 Å². The molecule has 30 heavy (non-hydrogen) atoms. The fourth-order valence-corrected chi connectivity index (χ4v) is 3.77. The van der Waals surface area contributed by atoms with Crippen LogP contribution >= 0.6 is 11.8 Å². The summed E-state index contributed by atoms with van der Waals surface area (Å²) >= 11 is 1.54. The van der Waals surface area contributed by atoms with E-state index in [1.807, 2.05) is 32.0 Å². The van der Waals surface area contributed by atoms with Gasteiger partial charge in [0.25, 0.3) is 11.8 Å². The van der Waals surface area contributed by atoms with Crippen molar-refractivity contribution in [1.29, 1.82) is 0 Å². The van der Waals surface area contributed by atoms with Gasteiger partial charge in [0, 0.05) is 34.7 Å². The molecule has 1 aliphatic carbocycles. The molecular formula is C21H21N5O3S. The number of rotatable bonds is 6. The minimum Gasteiger partial charge on any atom is -0.360 e. The molecule has 9 heteroatoms. The summed E-state index contributed by atoms with van der Waals surface area (Å²) in [7, 11) is 0. The molecule has 0 radical (unpaired) electrons. The molecule has 0 atom stereocenters. The fraction of sp³-hybridized carbons (Fsp3) is 0.286. The van der Waals surface area contributed by atoms with Crippen LogP contribution in [0.4, 0.5) is 0 Å². The minimum absolute atomic E-state index is 0.151. The molecule has 2 N–H and O–H groups in total. The number of hydrazine groups is 1. The zero-order chi connectivity index (χ0) is 21.1. The Balaban J connectivity index is 1.28. The highest BCUT2D eigenvalue weighted by Gasteiger charge is 2.29. The molecule has 8 nitrogen and oxygen atoms in total. The van der Waals surface area contributed by atoms with E-state index in [1.54, 1.807) is 30.0 Å². The molecule has 4 rings (SSSR count). The first-order chi connectivity index (χ1) is 14.5. The maximum Gasteiger partial charge on any atom is 0.291 e. The van der Waals surface area contributed by atoms with Crippen LogP contribution in [0, 0.1) is 13.8 Å². The van der Waals surface area contributed by atoms with Gasteiger partial charge in [-0.05, 0) is 50.5 Å². The Morgan fingerprint density at radius 2 is 1.70 bits per heavy atom. The molecule has 3 aromatic rings. The topological polar surface area (TPSA) is 110 Å². The van der Waals surface area contributed by atoms with E-state index in [-0.39, 0.29) is 5.69 Å². The van der Waals surface area contributed by atoms with Crippen molar-refractivity contribution >= 4 is 23.6 Å². The van der Waals surface area contributed by atoms with Crippen LogP contribution < -0.4 is 10.9 Å². The molecule has 2 amide bonds. The van der Waals surface area contributed by atoms with E-state index in [0.29, 0.717) is 23.0 Å². The monoisotopic (exact) mass is 423 g/mol. The van der Waals surface area contributed by atoms with Crippen molar-refractivity contribution in [3.05, 3.63) is 70.4 Å². The summed E-state index contributed by atoms with van der Waals surface area (Å²) in [5.74, 6) is 0.848. The number of carbonyl (C=O) groups excluding carboxylic acids is 2. The first kappa shape index (κ1) is 20.1. The number of aromatic nitrogens is 3. The van der Waals surface area contributed by atoms with Crippen LogP contribution in [-0.2, 0) is 5.75 Å². The summed E-state index contributed by atoms with van der Waals surface area (Å²) in [6, 6.07) is 10.7. The highest BCUT2D eigenvalue weighted by Crippen LogP contribution is 2.40. The number of carbonyl (C=O) groups is 2. The zero-order valence-corrected chi connectivity index (χ0v) is 17.5. The lowest BCUT2D eigenvalue weighted by molar-refractivity contribution is 0.0841. The summed E-state index contributed by atoms with van der Waals surface area (Å²) in [5.41, 5.74) is 8.26. The van der Waals surface area contributed by atoms with Crippen LogP contribution in [0.3, 0.4) is 0 Å². The van der Waals surface area contributed by atoms with Crippen LogP contribution in [0.25, 0.3) is 0 Å². The van der Waals surface area contributed by atoms with E-state index in [2.05, 4.69) is 26.0 Å². The van der Waals surface area contributed by atoms with Crippen molar-refractivity contribution < 1.29 is 14.1 Å². The number of hydrogen-bond donors (Lipinski definition) is 2. The predicted octanol–water partition coefficient (Wildman–Crippen LogP) is 3.33. The average Bonchev–Trinajstić information content (AvgIpc) is 3.46. The van der Waals surface area contributed by atoms with E-state index in [9.17, 15) is 9.59 Å². The third-order valence-electron chi connectivity index (χ3n) is 4.58. The van der Waals surface area contributed by atoms with E-state index in [4.69, 9.17) is 4.52 Å². The first-order valence-corrected chi connectivity index (χ1v) is 10.6. The molecule has 1 saturated carbocycles. The van der Waals surface area contributed by atoms with Crippen LogP contribution in [-0.4, -0.2) is 26.9 Å². The van der Waals surface area contributed by atoms with Crippen molar-refractivity contribution in [3.8, 4) is 0 Å². The largest absolute Gasteiger partial charge is 0.360 e. The molecule has 0 bridgehead atoms. The number of nitrogens with zero attached hydrogens (tertiary/aromatic N) is 3. The zero-order valence-electron chi connectivity index (χ0n) is 16.6. The molecule has 1 aliphatic rings. The van der Waals surface area contributed by atoms with Crippen LogP contribution in [0.1, 0.15) is 62.3 Å². The summed E-state index contributed by atoms with van der Waals surface area (Å²) in [6.07, 6.45) is 2.11. The fourth-order valence-electron chi connectivity index (χ4n) is 2.86. The van der Waals surface area contributed by atoms with Gasteiger partial charge in [-0.1, -0.05) is 29.1 Å². The Kier molecular flexibility index (Phi) is 5.80. The number of nitrogens with one attached hydrogen (secondary N) is 2. The van der Waals surface area contributed by atoms with Crippen LogP contribution in [0.5, 0.6) is 0 Å². The van der Waals surface area contributed by atoms with Gasteiger partial charge in [0.1, 0.15) is 5.76 Å². The Morgan fingerprint density at radius 1 is 1.03 bits per heavy atom. The van der Waals surface area contributed by atoms with Crippen molar-refractivity contribution in [3.63, 3.8) is 0 Å². The SMILES string of the molecule is Cc1cc(C)nc(SCc2ccc(C(=O)NNC(=O)c3cc(C4CC4)on3)cc2)n1. The van der Waals surface area contributed by atoms with Gasteiger partial charge in [0.15, 0.2) is 10.9 Å². The molecule has 1 fully saturated rings. The molecule has 0 unspecified atom stereocenters.